The van der Waals surface area contributed by atoms with Crippen molar-refractivity contribution in [1.29, 1.82) is 0 Å². The zero-order valence-electron chi connectivity index (χ0n) is 38.6. The molecule has 0 amide bonds. The minimum absolute atomic E-state index is 0. The quantitative estimate of drug-likeness (QED) is 0.0863. The van der Waals surface area contributed by atoms with Gasteiger partial charge in [-0.3, -0.25) is 0 Å². The van der Waals surface area contributed by atoms with Gasteiger partial charge >= 0.3 is 32.8 Å². The van der Waals surface area contributed by atoms with Gasteiger partial charge in [0.05, 0.1) is 16.5 Å². The Morgan fingerprint density at radius 3 is 1.74 bits per heavy atom. The monoisotopic (exact) mass is 1100 g/mol. The number of rotatable bonds is 8. The summed E-state index contributed by atoms with van der Waals surface area (Å²) in [5.41, 5.74) is 12.5. The number of ether oxygens (including phenoxy) is 1. The SMILES string of the molecule is C1=[N+](c2[c-]c(Oc3[c-]c4c(cc3)c3ccccc3n4-c3ccccn3)ccc2)c2ccc3ccccc3c2[N+]=1c1c(-c2ccccc2)cc(-c2c3ccccc3cc3ccccc23)cc1-c1ccccc1.[Pt+2]. The van der Waals surface area contributed by atoms with Gasteiger partial charge in [-0.25, -0.2) is 4.98 Å². The van der Waals surface area contributed by atoms with E-state index in [-0.39, 0.29) is 21.1 Å². The van der Waals surface area contributed by atoms with Crippen molar-refractivity contribution in [3.05, 3.63) is 255 Å². The summed E-state index contributed by atoms with van der Waals surface area (Å²) in [5, 5.41) is 9.29. The van der Waals surface area contributed by atoms with E-state index in [1.54, 1.807) is 0 Å². The second-order valence-electron chi connectivity index (χ2n) is 17.9. The van der Waals surface area contributed by atoms with Gasteiger partial charge in [0.2, 0.25) is 5.69 Å². The van der Waals surface area contributed by atoms with Crippen LogP contribution in [0.3, 0.4) is 0 Å². The third-order valence-corrected chi connectivity index (χ3v) is 13.8. The van der Waals surface area contributed by atoms with Crippen LogP contribution in [0.15, 0.2) is 243 Å². The molecule has 72 heavy (non-hydrogen) atoms. The Labute approximate surface area is 430 Å². The predicted octanol–water partition coefficient (Wildman–Crippen LogP) is 16.9. The molecule has 338 valence electrons. The molecular weight excluding hydrogens is 1060 g/mol. The van der Waals surface area contributed by atoms with E-state index < -0.39 is 0 Å². The summed E-state index contributed by atoms with van der Waals surface area (Å²) in [6.45, 7) is 0. The topological polar surface area (TPSA) is 33.1 Å². The van der Waals surface area contributed by atoms with Crippen molar-refractivity contribution < 1.29 is 25.8 Å². The number of benzene rings is 11. The zero-order chi connectivity index (χ0) is 46.8. The molecule has 1 aliphatic heterocycles. The summed E-state index contributed by atoms with van der Waals surface area (Å²) in [4.78, 5) is 4.72. The van der Waals surface area contributed by atoms with Crippen LogP contribution in [-0.4, -0.2) is 15.6 Å². The molecule has 0 bridgehead atoms. The van der Waals surface area contributed by atoms with E-state index in [4.69, 9.17) is 9.72 Å². The van der Waals surface area contributed by atoms with Crippen LogP contribution in [0.4, 0.5) is 22.7 Å². The molecule has 0 N–H and O–H groups in total. The summed E-state index contributed by atoms with van der Waals surface area (Å²) in [7, 11) is 0. The molecule has 5 nitrogen and oxygen atoms in total. The van der Waals surface area contributed by atoms with Crippen LogP contribution in [0.25, 0.3) is 93.3 Å². The molecule has 0 saturated heterocycles. The summed E-state index contributed by atoms with van der Waals surface area (Å²) in [6, 6.07) is 94.8. The van der Waals surface area contributed by atoms with Gasteiger partial charge < -0.3 is 9.30 Å². The Bertz CT molecular complexity index is 4230. The molecule has 2 aromatic heterocycles. The molecule has 0 saturated carbocycles. The first kappa shape index (κ1) is 43.1. The van der Waals surface area contributed by atoms with Gasteiger partial charge in [0.15, 0.2) is 0 Å². The van der Waals surface area contributed by atoms with Gasteiger partial charge in [0.25, 0.3) is 5.69 Å². The summed E-state index contributed by atoms with van der Waals surface area (Å²) in [5.74, 6) is 1.95. The third kappa shape index (κ3) is 7.18. The number of fused-ring (bicyclic) bond motifs is 8. The second kappa shape index (κ2) is 17.8. The van der Waals surface area contributed by atoms with Crippen molar-refractivity contribution in [2.45, 2.75) is 0 Å². The van der Waals surface area contributed by atoms with Gasteiger partial charge in [-0.2, -0.15) is 12.1 Å². The van der Waals surface area contributed by atoms with Crippen LogP contribution in [-0.2, 0) is 21.1 Å². The van der Waals surface area contributed by atoms with Crippen LogP contribution in [0.1, 0.15) is 0 Å². The molecule has 0 fully saturated rings. The number of hydrogen-bond acceptors (Lipinski definition) is 2. The Morgan fingerprint density at radius 1 is 0.431 bits per heavy atom. The van der Waals surface area contributed by atoms with Gasteiger partial charge in [-0.05, 0) is 108 Å². The molecule has 14 rings (SSSR count). The predicted molar refractivity (Wildman–Crippen MR) is 292 cm³/mol. The first-order valence-electron chi connectivity index (χ1n) is 23.9. The fourth-order valence-corrected chi connectivity index (χ4v) is 10.6. The van der Waals surface area contributed by atoms with Crippen LogP contribution < -0.4 is 13.9 Å². The van der Waals surface area contributed by atoms with Gasteiger partial charge in [-0.1, -0.05) is 174 Å². The molecule has 0 radical (unpaired) electrons. The standard InChI is InChI=1S/C66H40N4O.Pt/c1-3-18-44(19-4-1)58-39-49(64-53-27-10-8-23-47(53)38-48-24-9-11-28-54(48)64)40-59(45-20-5-2-6-21-45)65(58)69-43-68(61-36-33-46-22-7-12-29-55(46)66(61)69)50-25-17-26-51(41-50)71-52-34-35-57-56-30-13-14-31-60(56)70(62(57)42-52)63-32-15-16-37-67-63;/h1-40H;/q;+2. The van der Waals surface area contributed by atoms with Crippen molar-refractivity contribution in [2.24, 2.45) is 0 Å². The fourth-order valence-electron chi connectivity index (χ4n) is 10.6. The minimum Gasteiger partial charge on any atom is -0.509 e. The number of aromatic nitrogens is 2. The number of pyridine rings is 1. The molecule has 0 spiro atoms. The average Bonchev–Trinajstić information content (AvgIpc) is 3.99. The van der Waals surface area contributed by atoms with Gasteiger partial charge in [0, 0.05) is 29.3 Å². The van der Waals surface area contributed by atoms with E-state index in [9.17, 15) is 0 Å². The van der Waals surface area contributed by atoms with Crippen LogP contribution in [0.2, 0.25) is 0 Å². The Kier molecular flexibility index (Phi) is 10.6. The first-order valence-corrected chi connectivity index (χ1v) is 23.9. The third-order valence-electron chi connectivity index (χ3n) is 13.8. The number of hydrogen-bond donors (Lipinski definition) is 0. The van der Waals surface area contributed by atoms with Gasteiger partial charge in [-0.15, -0.1) is 23.6 Å². The van der Waals surface area contributed by atoms with Crippen molar-refractivity contribution in [1.82, 2.24) is 18.7 Å². The molecule has 0 atom stereocenters. The summed E-state index contributed by atoms with van der Waals surface area (Å²) in [6.07, 6.45) is 1.82. The molecule has 6 heteroatoms. The molecule has 11 aromatic carbocycles. The molecule has 1 aliphatic rings. The average molecular weight is 1100 g/mol. The van der Waals surface area contributed by atoms with Crippen molar-refractivity contribution in [3.8, 4) is 50.7 Å². The van der Waals surface area contributed by atoms with Crippen LogP contribution in [0.5, 0.6) is 11.5 Å². The van der Waals surface area contributed by atoms with E-state index in [2.05, 4.69) is 232 Å². The fraction of sp³-hybridized carbons (Fsp3) is 0. The van der Waals surface area contributed by atoms with E-state index in [0.717, 1.165) is 89.0 Å². The Morgan fingerprint density at radius 2 is 1.04 bits per heavy atom. The maximum Gasteiger partial charge on any atom is 2.00 e. The van der Waals surface area contributed by atoms with E-state index in [1.165, 1.54) is 27.1 Å². The zero-order valence-corrected chi connectivity index (χ0v) is 40.9. The smallest absolute Gasteiger partial charge is 0.509 e. The largest absolute Gasteiger partial charge is 2.00 e. The van der Waals surface area contributed by atoms with Gasteiger partial charge in [0.1, 0.15) is 11.5 Å². The van der Waals surface area contributed by atoms with Crippen molar-refractivity contribution in [2.75, 3.05) is 0 Å². The maximum atomic E-state index is 6.70. The number of para-hydroxylation sites is 1. The maximum absolute atomic E-state index is 6.70. The normalized spacial score (nSPS) is 12.0. The van der Waals surface area contributed by atoms with E-state index in [1.807, 2.05) is 42.6 Å². The molecule has 0 unspecified atom stereocenters. The Hall–Kier alpha value is -8.98. The summed E-state index contributed by atoms with van der Waals surface area (Å²) < 4.78 is 13.3. The van der Waals surface area contributed by atoms with E-state index in [0.29, 0.717) is 11.5 Å². The number of nitrogens with zero attached hydrogens (tertiary/aromatic N) is 4. The van der Waals surface area contributed by atoms with Crippen LogP contribution >= 0.6 is 0 Å². The van der Waals surface area contributed by atoms with Crippen LogP contribution in [0, 0.1) is 12.1 Å². The Balaban J connectivity index is 0.00000504. The second-order valence-corrected chi connectivity index (χ2v) is 17.9. The minimum atomic E-state index is 0. The van der Waals surface area contributed by atoms with Crippen molar-refractivity contribution >= 4 is 82.9 Å². The van der Waals surface area contributed by atoms with E-state index >= 15 is 0 Å². The summed E-state index contributed by atoms with van der Waals surface area (Å²) >= 11 is 0. The molecule has 0 aliphatic carbocycles. The molecule has 3 heterocycles. The first-order chi connectivity index (χ1) is 35.2. The van der Waals surface area contributed by atoms with Crippen molar-refractivity contribution in [3.63, 3.8) is 0 Å². The molecule has 13 aromatic rings. The molecular formula is C66H40N4OPt+2.